The van der Waals surface area contributed by atoms with Gasteiger partial charge >= 0.3 is 5.97 Å². The normalized spacial score (nSPS) is 16.5. The van der Waals surface area contributed by atoms with E-state index in [0.29, 0.717) is 12.8 Å². The molecular weight excluding hydrogens is 332 g/mol. The Hall–Kier alpha value is -1.11. The number of carbonyl (C=O) groups is 1. The molecule has 2 rings (SSSR count). The Kier molecular flexibility index (Phi) is 3.85. The van der Waals surface area contributed by atoms with Crippen LogP contribution in [-0.4, -0.2) is 11.1 Å². The van der Waals surface area contributed by atoms with Crippen LogP contribution in [-0.2, 0) is 4.79 Å². The van der Waals surface area contributed by atoms with Crippen molar-refractivity contribution in [3.05, 3.63) is 33.3 Å². The Morgan fingerprint density at radius 1 is 1.16 bits per heavy atom. The molecule has 0 heterocycles. The first-order valence-electron chi connectivity index (χ1n) is 5.57. The highest BCUT2D eigenvalue weighted by atomic mass is 79.9. The van der Waals surface area contributed by atoms with Gasteiger partial charge in [-0.25, -0.2) is 17.6 Å². The van der Waals surface area contributed by atoms with Crippen LogP contribution in [0.25, 0.3) is 0 Å². The summed E-state index contributed by atoms with van der Waals surface area (Å²) in [4.78, 5) is 10.7. The molecular formula is C12H9BrF4O2. The second kappa shape index (κ2) is 5.11. The second-order valence-electron chi connectivity index (χ2n) is 4.53. The molecule has 104 valence electrons. The maximum Gasteiger partial charge on any atom is 0.303 e. The fourth-order valence-electron chi connectivity index (χ4n) is 2.14. The molecule has 0 saturated heterocycles. The molecule has 1 aliphatic carbocycles. The number of aliphatic carboxylic acids is 1. The van der Waals surface area contributed by atoms with Crippen LogP contribution in [0.2, 0.25) is 0 Å². The molecule has 19 heavy (non-hydrogen) atoms. The number of hydrogen-bond donors (Lipinski definition) is 1. The average molecular weight is 341 g/mol. The molecule has 1 aliphatic rings. The summed E-state index contributed by atoms with van der Waals surface area (Å²) in [6.45, 7) is 0. The van der Waals surface area contributed by atoms with Crippen molar-refractivity contribution in [2.24, 2.45) is 5.92 Å². The average Bonchev–Trinajstić information content (AvgIpc) is 3.16. The molecule has 1 aromatic carbocycles. The quantitative estimate of drug-likeness (QED) is 0.511. The fourth-order valence-corrected chi connectivity index (χ4v) is 2.49. The van der Waals surface area contributed by atoms with Gasteiger partial charge in [0.2, 0.25) is 0 Å². The van der Waals surface area contributed by atoms with Gasteiger partial charge in [-0.05, 0) is 34.7 Å². The SMILES string of the molecule is O=C(O)CC(c1c(F)c(F)c(Br)c(F)c1F)C1CC1. The van der Waals surface area contributed by atoms with Crippen molar-refractivity contribution in [1.82, 2.24) is 0 Å². The van der Waals surface area contributed by atoms with Gasteiger partial charge in [0.25, 0.3) is 0 Å². The fraction of sp³-hybridized carbons (Fsp3) is 0.417. The van der Waals surface area contributed by atoms with Gasteiger partial charge in [-0.1, -0.05) is 0 Å². The summed E-state index contributed by atoms with van der Waals surface area (Å²) in [6, 6.07) is 0. The molecule has 1 saturated carbocycles. The third kappa shape index (κ3) is 2.61. The smallest absolute Gasteiger partial charge is 0.303 e. The molecule has 7 heteroatoms. The van der Waals surface area contributed by atoms with Crippen LogP contribution in [0.3, 0.4) is 0 Å². The van der Waals surface area contributed by atoms with E-state index >= 15 is 0 Å². The lowest BCUT2D eigenvalue weighted by Gasteiger charge is -2.17. The summed E-state index contributed by atoms with van der Waals surface area (Å²) in [5.74, 6) is -8.68. The highest BCUT2D eigenvalue weighted by Crippen LogP contribution is 2.47. The zero-order valence-electron chi connectivity index (χ0n) is 9.52. The summed E-state index contributed by atoms with van der Waals surface area (Å²) in [6.07, 6.45) is 0.630. The lowest BCUT2D eigenvalue weighted by Crippen LogP contribution is -2.15. The molecule has 1 atom stereocenters. The molecule has 0 bridgehead atoms. The van der Waals surface area contributed by atoms with E-state index in [2.05, 4.69) is 15.9 Å². The van der Waals surface area contributed by atoms with Crippen LogP contribution in [0.4, 0.5) is 17.6 Å². The van der Waals surface area contributed by atoms with Crippen molar-refractivity contribution < 1.29 is 27.5 Å². The Bertz CT molecular complexity index is 514. The van der Waals surface area contributed by atoms with E-state index in [1.54, 1.807) is 0 Å². The molecule has 0 aliphatic heterocycles. The van der Waals surface area contributed by atoms with Gasteiger partial charge in [-0.2, -0.15) is 0 Å². The number of halogens is 5. The third-order valence-corrected chi connectivity index (χ3v) is 3.90. The largest absolute Gasteiger partial charge is 0.481 e. The summed E-state index contributed by atoms with van der Waals surface area (Å²) >= 11 is 2.42. The van der Waals surface area contributed by atoms with E-state index in [1.807, 2.05) is 0 Å². The number of benzene rings is 1. The van der Waals surface area contributed by atoms with E-state index in [4.69, 9.17) is 5.11 Å². The predicted octanol–water partition coefficient (Wildman–Crippen LogP) is 3.97. The summed E-state index contributed by atoms with van der Waals surface area (Å²) in [5.41, 5.74) is -0.803. The second-order valence-corrected chi connectivity index (χ2v) is 5.32. The first kappa shape index (κ1) is 14.3. The zero-order valence-corrected chi connectivity index (χ0v) is 11.1. The molecule has 0 radical (unpaired) electrons. The molecule has 1 unspecified atom stereocenters. The minimum atomic E-state index is -1.54. The molecule has 2 nitrogen and oxygen atoms in total. The van der Waals surface area contributed by atoms with Crippen LogP contribution in [0.5, 0.6) is 0 Å². The summed E-state index contributed by atoms with van der Waals surface area (Å²) < 4.78 is 53.5. The molecule has 0 aromatic heterocycles. The highest BCUT2D eigenvalue weighted by Gasteiger charge is 2.39. The number of hydrogen-bond acceptors (Lipinski definition) is 1. The van der Waals surface area contributed by atoms with Crippen molar-refractivity contribution in [2.75, 3.05) is 0 Å². The van der Waals surface area contributed by atoms with Gasteiger partial charge in [0, 0.05) is 11.5 Å². The highest BCUT2D eigenvalue weighted by molar-refractivity contribution is 9.10. The van der Waals surface area contributed by atoms with E-state index in [9.17, 15) is 22.4 Å². The Morgan fingerprint density at radius 3 is 2.00 bits per heavy atom. The van der Waals surface area contributed by atoms with Gasteiger partial charge in [-0.15, -0.1) is 0 Å². The van der Waals surface area contributed by atoms with E-state index in [-0.39, 0.29) is 5.92 Å². The maximum absolute atomic E-state index is 13.8. The van der Waals surface area contributed by atoms with Crippen molar-refractivity contribution in [1.29, 1.82) is 0 Å². The van der Waals surface area contributed by atoms with Crippen LogP contribution in [0, 0.1) is 29.2 Å². The van der Waals surface area contributed by atoms with Crippen LogP contribution < -0.4 is 0 Å². The van der Waals surface area contributed by atoms with Crippen LogP contribution >= 0.6 is 15.9 Å². The monoisotopic (exact) mass is 340 g/mol. The minimum absolute atomic E-state index is 0.250. The zero-order chi connectivity index (χ0) is 14.3. The van der Waals surface area contributed by atoms with Crippen molar-refractivity contribution in [3.63, 3.8) is 0 Å². The first-order valence-corrected chi connectivity index (χ1v) is 6.37. The van der Waals surface area contributed by atoms with E-state index < -0.39 is 51.6 Å². The van der Waals surface area contributed by atoms with Gasteiger partial charge < -0.3 is 5.11 Å². The summed E-state index contributed by atoms with van der Waals surface area (Å²) in [7, 11) is 0. The van der Waals surface area contributed by atoms with Gasteiger partial charge in [-0.3, -0.25) is 4.79 Å². The van der Waals surface area contributed by atoms with Gasteiger partial charge in [0.15, 0.2) is 23.3 Å². The third-order valence-electron chi connectivity index (χ3n) is 3.20. The molecule has 1 aromatic rings. The predicted molar refractivity (Wildman–Crippen MR) is 61.7 cm³/mol. The lowest BCUT2D eigenvalue weighted by molar-refractivity contribution is -0.137. The number of rotatable bonds is 4. The van der Waals surface area contributed by atoms with E-state index in [1.165, 1.54) is 0 Å². The molecule has 1 N–H and O–H groups in total. The maximum atomic E-state index is 13.8. The number of carboxylic acid groups (broad SMARTS) is 1. The molecule has 0 amide bonds. The standard InChI is InChI=1S/C12H9BrF4O2/c13-8-11(16)9(14)7(10(15)12(8)17)5(3-6(18)19)4-1-2-4/h4-5H,1-3H2,(H,18,19). The van der Waals surface area contributed by atoms with Crippen LogP contribution in [0.15, 0.2) is 4.47 Å². The van der Waals surface area contributed by atoms with Gasteiger partial charge in [0.1, 0.15) is 0 Å². The van der Waals surface area contributed by atoms with Crippen molar-refractivity contribution in [2.45, 2.75) is 25.2 Å². The minimum Gasteiger partial charge on any atom is -0.481 e. The van der Waals surface area contributed by atoms with Crippen molar-refractivity contribution >= 4 is 21.9 Å². The Labute approximate surface area is 114 Å². The number of carboxylic acids is 1. The van der Waals surface area contributed by atoms with E-state index in [0.717, 1.165) is 0 Å². The van der Waals surface area contributed by atoms with Gasteiger partial charge in [0.05, 0.1) is 10.9 Å². The van der Waals surface area contributed by atoms with Crippen LogP contribution in [0.1, 0.15) is 30.7 Å². The lowest BCUT2D eigenvalue weighted by atomic mass is 9.90. The van der Waals surface area contributed by atoms with Crippen molar-refractivity contribution in [3.8, 4) is 0 Å². The molecule has 1 fully saturated rings. The first-order chi connectivity index (χ1) is 8.84. The molecule has 0 spiro atoms. The Morgan fingerprint density at radius 2 is 1.63 bits per heavy atom. The Balaban J connectivity index is 2.56. The topological polar surface area (TPSA) is 37.3 Å². The summed E-state index contributed by atoms with van der Waals surface area (Å²) in [5, 5.41) is 8.76.